The van der Waals surface area contributed by atoms with Crippen molar-refractivity contribution in [2.45, 2.75) is 32.2 Å². The SMILES string of the molecule is Cc1cccc(C(=O)NCC(c2ccsc2)N2CCCCC2)c1. The normalized spacial score (nSPS) is 16.9. The van der Waals surface area contributed by atoms with Crippen molar-refractivity contribution < 1.29 is 4.79 Å². The first kappa shape index (κ1) is 16.2. The summed E-state index contributed by atoms with van der Waals surface area (Å²) in [6, 6.07) is 10.2. The predicted molar refractivity (Wildman–Crippen MR) is 96.0 cm³/mol. The summed E-state index contributed by atoms with van der Waals surface area (Å²) >= 11 is 1.73. The van der Waals surface area contributed by atoms with E-state index in [0.717, 1.165) is 24.2 Å². The summed E-state index contributed by atoms with van der Waals surface area (Å²) in [5, 5.41) is 7.46. The molecule has 1 aliphatic rings. The number of nitrogens with zero attached hydrogens (tertiary/aromatic N) is 1. The van der Waals surface area contributed by atoms with E-state index < -0.39 is 0 Å². The second kappa shape index (κ2) is 7.75. The van der Waals surface area contributed by atoms with E-state index in [2.05, 4.69) is 27.0 Å². The second-order valence-corrected chi connectivity index (χ2v) is 7.03. The lowest BCUT2D eigenvalue weighted by Crippen LogP contribution is -2.40. The fraction of sp³-hybridized carbons (Fsp3) is 0.421. The number of hydrogen-bond acceptors (Lipinski definition) is 3. The number of carbonyl (C=O) groups excluding carboxylic acids is 1. The first-order valence-electron chi connectivity index (χ1n) is 8.35. The molecule has 0 saturated carbocycles. The average molecular weight is 328 g/mol. The van der Waals surface area contributed by atoms with Gasteiger partial charge >= 0.3 is 0 Å². The van der Waals surface area contributed by atoms with Gasteiger partial charge in [-0.3, -0.25) is 9.69 Å². The first-order valence-corrected chi connectivity index (χ1v) is 9.29. The van der Waals surface area contributed by atoms with E-state index in [9.17, 15) is 4.79 Å². The Balaban J connectivity index is 1.67. The molecule has 1 aromatic heterocycles. The maximum absolute atomic E-state index is 12.4. The highest BCUT2D eigenvalue weighted by atomic mass is 32.1. The quantitative estimate of drug-likeness (QED) is 0.899. The maximum Gasteiger partial charge on any atom is 0.251 e. The topological polar surface area (TPSA) is 32.3 Å². The Morgan fingerprint density at radius 1 is 1.26 bits per heavy atom. The van der Waals surface area contributed by atoms with Crippen LogP contribution < -0.4 is 5.32 Å². The Labute approximate surface area is 142 Å². The molecular formula is C19H24N2OS. The molecule has 1 amide bonds. The zero-order valence-electron chi connectivity index (χ0n) is 13.6. The predicted octanol–water partition coefficient (Wildman–Crippen LogP) is 4.01. The minimum absolute atomic E-state index is 0.0194. The summed E-state index contributed by atoms with van der Waals surface area (Å²) < 4.78 is 0. The molecule has 1 aliphatic heterocycles. The summed E-state index contributed by atoms with van der Waals surface area (Å²) in [6.45, 7) is 4.93. The number of nitrogens with one attached hydrogen (secondary N) is 1. The number of aryl methyl sites for hydroxylation is 1. The van der Waals surface area contributed by atoms with Gasteiger partial charge in [0.1, 0.15) is 0 Å². The Bertz CT molecular complexity index is 633. The van der Waals surface area contributed by atoms with Crippen LogP contribution in [0, 0.1) is 6.92 Å². The van der Waals surface area contributed by atoms with Crippen LogP contribution in [-0.2, 0) is 0 Å². The molecule has 0 bridgehead atoms. The van der Waals surface area contributed by atoms with Gasteiger partial charge in [-0.15, -0.1) is 0 Å². The maximum atomic E-state index is 12.4. The molecule has 1 saturated heterocycles. The minimum Gasteiger partial charge on any atom is -0.350 e. The third-order valence-corrected chi connectivity index (χ3v) is 5.20. The molecule has 3 nitrogen and oxygen atoms in total. The molecule has 1 fully saturated rings. The monoisotopic (exact) mass is 328 g/mol. The van der Waals surface area contributed by atoms with E-state index in [-0.39, 0.29) is 11.9 Å². The van der Waals surface area contributed by atoms with Gasteiger partial charge in [0.25, 0.3) is 5.91 Å². The average Bonchev–Trinajstić information content (AvgIpc) is 3.10. The van der Waals surface area contributed by atoms with Crippen molar-refractivity contribution in [3.63, 3.8) is 0 Å². The molecule has 0 radical (unpaired) electrons. The number of piperidine rings is 1. The number of thiophene rings is 1. The number of likely N-dealkylation sites (tertiary alicyclic amines) is 1. The van der Waals surface area contributed by atoms with Crippen LogP contribution in [0.1, 0.15) is 46.8 Å². The van der Waals surface area contributed by atoms with E-state index in [1.54, 1.807) is 11.3 Å². The number of carbonyl (C=O) groups is 1. The van der Waals surface area contributed by atoms with E-state index in [1.807, 2.05) is 31.2 Å². The Hall–Kier alpha value is -1.65. The van der Waals surface area contributed by atoms with Gasteiger partial charge in [-0.2, -0.15) is 11.3 Å². The molecule has 122 valence electrons. The van der Waals surface area contributed by atoms with Gasteiger partial charge in [-0.1, -0.05) is 24.1 Å². The summed E-state index contributed by atoms with van der Waals surface area (Å²) in [4.78, 5) is 14.9. The molecule has 2 heterocycles. The zero-order chi connectivity index (χ0) is 16.1. The Morgan fingerprint density at radius 2 is 2.09 bits per heavy atom. The van der Waals surface area contributed by atoms with Crippen molar-refractivity contribution in [3.05, 3.63) is 57.8 Å². The molecule has 1 aromatic carbocycles. The summed E-state index contributed by atoms with van der Waals surface area (Å²) in [7, 11) is 0. The van der Waals surface area contributed by atoms with E-state index in [0.29, 0.717) is 6.54 Å². The van der Waals surface area contributed by atoms with Crippen LogP contribution in [0.15, 0.2) is 41.1 Å². The van der Waals surface area contributed by atoms with Crippen molar-refractivity contribution in [1.82, 2.24) is 10.2 Å². The molecule has 3 rings (SSSR count). The van der Waals surface area contributed by atoms with Crippen LogP contribution in [0.2, 0.25) is 0 Å². The third kappa shape index (κ3) is 4.21. The smallest absolute Gasteiger partial charge is 0.251 e. The highest BCUT2D eigenvalue weighted by Crippen LogP contribution is 2.25. The van der Waals surface area contributed by atoms with Crippen molar-refractivity contribution in [2.75, 3.05) is 19.6 Å². The van der Waals surface area contributed by atoms with Gasteiger partial charge in [-0.25, -0.2) is 0 Å². The van der Waals surface area contributed by atoms with E-state index >= 15 is 0 Å². The van der Waals surface area contributed by atoms with Gasteiger partial charge in [0.15, 0.2) is 0 Å². The third-order valence-electron chi connectivity index (χ3n) is 4.50. The van der Waals surface area contributed by atoms with Gasteiger partial charge in [-0.05, 0) is 67.4 Å². The molecule has 0 spiro atoms. The van der Waals surface area contributed by atoms with Gasteiger partial charge < -0.3 is 5.32 Å². The van der Waals surface area contributed by atoms with Crippen molar-refractivity contribution in [2.24, 2.45) is 0 Å². The number of amides is 1. The van der Waals surface area contributed by atoms with Crippen LogP contribution in [-0.4, -0.2) is 30.4 Å². The van der Waals surface area contributed by atoms with Crippen LogP contribution in [0.5, 0.6) is 0 Å². The van der Waals surface area contributed by atoms with Crippen LogP contribution in [0.3, 0.4) is 0 Å². The number of benzene rings is 1. The molecule has 23 heavy (non-hydrogen) atoms. The molecule has 1 unspecified atom stereocenters. The summed E-state index contributed by atoms with van der Waals surface area (Å²) in [5.41, 5.74) is 3.18. The lowest BCUT2D eigenvalue weighted by molar-refractivity contribution is 0.0924. The van der Waals surface area contributed by atoms with Gasteiger partial charge in [0, 0.05) is 12.1 Å². The molecule has 0 aliphatic carbocycles. The zero-order valence-corrected chi connectivity index (χ0v) is 14.4. The molecule has 2 aromatic rings. The van der Waals surface area contributed by atoms with Crippen molar-refractivity contribution >= 4 is 17.2 Å². The van der Waals surface area contributed by atoms with Crippen LogP contribution in [0.4, 0.5) is 0 Å². The highest BCUT2D eigenvalue weighted by molar-refractivity contribution is 7.07. The largest absolute Gasteiger partial charge is 0.350 e. The van der Waals surface area contributed by atoms with Crippen molar-refractivity contribution in [3.8, 4) is 0 Å². The molecule has 4 heteroatoms. The highest BCUT2D eigenvalue weighted by Gasteiger charge is 2.23. The molecule has 1 N–H and O–H groups in total. The summed E-state index contributed by atoms with van der Waals surface area (Å²) in [5.74, 6) is 0.0194. The van der Waals surface area contributed by atoms with Gasteiger partial charge in [0.2, 0.25) is 0 Å². The molecular weight excluding hydrogens is 304 g/mol. The first-order chi connectivity index (χ1) is 11.2. The van der Waals surface area contributed by atoms with E-state index in [4.69, 9.17) is 0 Å². The fourth-order valence-electron chi connectivity index (χ4n) is 3.23. The standard InChI is InChI=1S/C19H24N2OS/c1-15-6-5-7-16(12-15)19(22)20-13-18(17-8-11-23-14-17)21-9-3-2-4-10-21/h5-8,11-12,14,18H,2-4,9-10,13H2,1H3,(H,20,22). The minimum atomic E-state index is 0.0194. The van der Waals surface area contributed by atoms with Crippen molar-refractivity contribution in [1.29, 1.82) is 0 Å². The Morgan fingerprint density at radius 3 is 2.78 bits per heavy atom. The lowest BCUT2D eigenvalue weighted by Gasteiger charge is -2.34. The van der Waals surface area contributed by atoms with E-state index in [1.165, 1.54) is 24.8 Å². The van der Waals surface area contributed by atoms with Crippen LogP contribution in [0.25, 0.3) is 0 Å². The Kier molecular flexibility index (Phi) is 5.47. The second-order valence-electron chi connectivity index (χ2n) is 6.25. The lowest BCUT2D eigenvalue weighted by atomic mass is 10.0. The van der Waals surface area contributed by atoms with Gasteiger partial charge in [0.05, 0.1) is 6.04 Å². The number of rotatable bonds is 5. The van der Waals surface area contributed by atoms with Crippen LogP contribution >= 0.6 is 11.3 Å². The number of hydrogen-bond donors (Lipinski definition) is 1. The molecule has 1 atom stereocenters. The summed E-state index contributed by atoms with van der Waals surface area (Å²) in [6.07, 6.45) is 3.83. The fourth-order valence-corrected chi connectivity index (χ4v) is 3.94.